The summed E-state index contributed by atoms with van der Waals surface area (Å²) in [7, 11) is 0. The van der Waals surface area contributed by atoms with Gasteiger partial charge in [0, 0.05) is 19.6 Å². The quantitative estimate of drug-likeness (QED) is 0.0557. The molecule has 0 spiro atoms. The number of esters is 1. The molecule has 0 aromatic rings. The molecule has 0 bridgehead atoms. The Morgan fingerprint density at radius 1 is 0.350 bits per heavy atom. The Kier molecular flexibility index (Phi) is 35.7. The number of ether oxygens (including phenoxy) is 5. The monoisotopic (exact) mass is 573 g/mol. The Morgan fingerprint density at radius 2 is 0.650 bits per heavy atom. The zero-order valence-corrected chi connectivity index (χ0v) is 26.9. The number of hydrogen-bond donors (Lipinski definition) is 0. The van der Waals surface area contributed by atoms with Gasteiger partial charge in [-0.1, -0.05) is 129 Å². The lowest BCUT2D eigenvalue weighted by molar-refractivity contribution is -0.144. The predicted molar refractivity (Wildman–Crippen MR) is 167 cm³/mol. The lowest BCUT2D eigenvalue weighted by atomic mass is 10.0. The first-order valence-electron chi connectivity index (χ1n) is 17.3. The van der Waals surface area contributed by atoms with Gasteiger partial charge in [0.2, 0.25) is 0 Å². The lowest BCUT2D eigenvalue weighted by Gasteiger charge is -2.08. The third kappa shape index (κ3) is 35.3. The smallest absolute Gasteiger partial charge is 0.305 e. The van der Waals surface area contributed by atoms with E-state index >= 15 is 0 Å². The van der Waals surface area contributed by atoms with Crippen LogP contribution in [-0.4, -0.2) is 65.4 Å². The van der Waals surface area contributed by atoms with Crippen molar-refractivity contribution in [1.29, 1.82) is 0 Å². The number of carbonyl (C=O) groups is 1. The molecule has 0 aliphatic heterocycles. The van der Waals surface area contributed by atoms with Gasteiger partial charge in [0.15, 0.2) is 0 Å². The molecule has 6 heteroatoms. The Morgan fingerprint density at radius 3 is 1.07 bits per heavy atom. The lowest BCUT2D eigenvalue weighted by Crippen LogP contribution is -2.12. The molecule has 0 N–H and O–H groups in total. The van der Waals surface area contributed by atoms with Gasteiger partial charge < -0.3 is 23.7 Å². The van der Waals surface area contributed by atoms with Crippen molar-refractivity contribution in [3.63, 3.8) is 0 Å². The van der Waals surface area contributed by atoms with Gasteiger partial charge in [-0.25, -0.2) is 0 Å². The highest BCUT2D eigenvalue weighted by Crippen LogP contribution is 2.13. The minimum atomic E-state index is -0.108. The molecule has 0 aromatic heterocycles. The maximum atomic E-state index is 11.8. The SMILES string of the molecule is CCCCCCCCCCCCCCCCCCOC(=O)CCCOCCOCCOCCOCCCCCC. The highest BCUT2D eigenvalue weighted by molar-refractivity contribution is 5.69. The minimum absolute atomic E-state index is 0.108. The third-order valence-corrected chi connectivity index (χ3v) is 7.19. The zero-order valence-electron chi connectivity index (χ0n) is 26.9. The first kappa shape index (κ1) is 39.3. The van der Waals surface area contributed by atoms with Gasteiger partial charge in [0.1, 0.15) is 0 Å². The van der Waals surface area contributed by atoms with E-state index in [1.54, 1.807) is 0 Å². The molecule has 0 atom stereocenters. The van der Waals surface area contributed by atoms with Gasteiger partial charge in [0.05, 0.1) is 46.2 Å². The van der Waals surface area contributed by atoms with Gasteiger partial charge in [-0.05, 0) is 19.3 Å². The normalized spacial score (nSPS) is 11.3. The summed E-state index contributed by atoms with van der Waals surface area (Å²) >= 11 is 0. The van der Waals surface area contributed by atoms with Crippen molar-refractivity contribution in [2.75, 3.05) is 59.5 Å². The van der Waals surface area contributed by atoms with Crippen LogP contribution in [0.25, 0.3) is 0 Å². The number of rotatable bonds is 35. The highest BCUT2D eigenvalue weighted by Gasteiger charge is 2.03. The maximum absolute atomic E-state index is 11.8. The van der Waals surface area contributed by atoms with E-state index in [9.17, 15) is 4.79 Å². The summed E-state index contributed by atoms with van der Waals surface area (Å²) in [6.45, 7) is 9.91. The van der Waals surface area contributed by atoms with Crippen molar-refractivity contribution in [3.05, 3.63) is 0 Å². The zero-order chi connectivity index (χ0) is 29.0. The molecule has 0 aliphatic carbocycles. The van der Waals surface area contributed by atoms with Crippen molar-refractivity contribution in [1.82, 2.24) is 0 Å². The molecule has 0 aliphatic rings. The van der Waals surface area contributed by atoms with Crippen molar-refractivity contribution in [3.8, 4) is 0 Å². The average molecular weight is 573 g/mol. The van der Waals surface area contributed by atoms with E-state index in [4.69, 9.17) is 23.7 Å². The van der Waals surface area contributed by atoms with E-state index < -0.39 is 0 Å². The fraction of sp³-hybridized carbons (Fsp3) is 0.971. The molecule has 6 nitrogen and oxygen atoms in total. The Labute approximate surface area is 249 Å². The second-order valence-electron chi connectivity index (χ2n) is 11.1. The van der Waals surface area contributed by atoms with Gasteiger partial charge in [-0.15, -0.1) is 0 Å². The average Bonchev–Trinajstić information content (AvgIpc) is 2.96. The molecule has 0 aromatic carbocycles. The molecule has 0 radical (unpaired) electrons. The minimum Gasteiger partial charge on any atom is -0.466 e. The van der Waals surface area contributed by atoms with Crippen molar-refractivity contribution >= 4 is 5.97 Å². The van der Waals surface area contributed by atoms with Gasteiger partial charge in [-0.2, -0.15) is 0 Å². The van der Waals surface area contributed by atoms with Crippen LogP contribution in [-0.2, 0) is 28.5 Å². The summed E-state index contributed by atoms with van der Waals surface area (Å²) in [5, 5.41) is 0. The van der Waals surface area contributed by atoms with Crippen LogP contribution in [0.2, 0.25) is 0 Å². The largest absolute Gasteiger partial charge is 0.466 e. The van der Waals surface area contributed by atoms with E-state index in [0.717, 1.165) is 25.9 Å². The summed E-state index contributed by atoms with van der Waals surface area (Å²) in [5.74, 6) is -0.108. The van der Waals surface area contributed by atoms with Crippen LogP contribution in [0.5, 0.6) is 0 Å². The van der Waals surface area contributed by atoms with Crippen molar-refractivity contribution < 1.29 is 28.5 Å². The maximum Gasteiger partial charge on any atom is 0.305 e. The van der Waals surface area contributed by atoms with E-state index in [1.165, 1.54) is 109 Å². The third-order valence-electron chi connectivity index (χ3n) is 7.19. The fourth-order valence-electron chi connectivity index (χ4n) is 4.62. The Hall–Kier alpha value is -0.690. The first-order chi connectivity index (χ1) is 19.8. The van der Waals surface area contributed by atoms with E-state index in [0.29, 0.717) is 65.7 Å². The highest BCUT2D eigenvalue weighted by atomic mass is 16.6. The van der Waals surface area contributed by atoms with Crippen molar-refractivity contribution in [2.45, 2.75) is 155 Å². The van der Waals surface area contributed by atoms with E-state index in [1.807, 2.05) is 0 Å². The molecule has 0 unspecified atom stereocenters. The van der Waals surface area contributed by atoms with E-state index in [2.05, 4.69) is 13.8 Å². The van der Waals surface area contributed by atoms with Crippen LogP contribution in [0.4, 0.5) is 0 Å². The summed E-state index contributed by atoms with van der Waals surface area (Å²) in [6.07, 6.45) is 27.6. The molecule has 0 rings (SSSR count). The molecule has 0 saturated carbocycles. The van der Waals surface area contributed by atoms with Crippen LogP contribution in [0.3, 0.4) is 0 Å². The number of carbonyl (C=O) groups excluding carboxylic acids is 1. The molecule has 0 fully saturated rings. The molecule has 0 amide bonds. The topological polar surface area (TPSA) is 63.2 Å². The molecular weight excluding hydrogens is 504 g/mol. The number of hydrogen-bond acceptors (Lipinski definition) is 6. The molecule has 40 heavy (non-hydrogen) atoms. The molecule has 240 valence electrons. The summed E-state index contributed by atoms with van der Waals surface area (Å²) in [5.41, 5.74) is 0. The molecular formula is C34H68O6. The first-order valence-corrected chi connectivity index (χ1v) is 17.3. The standard InChI is InChI=1S/C34H68O6/c1-3-5-7-9-10-11-12-13-14-15-16-17-18-19-20-22-27-40-34(35)24-23-26-37-29-31-39-33-32-38-30-28-36-25-21-8-6-4-2/h3-33H2,1-2H3. The molecule has 0 heterocycles. The van der Waals surface area contributed by atoms with Crippen LogP contribution < -0.4 is 0 Å². The van der Waals surface area contributed by atoms with E-state index in [-0.39, 0.29) is 5.97 Å². The number of unbranched alkanes of at least 4 members (excludes halogenated alkanes) is 18. The summed E-state index contributed by atoms with van der Waals surface area (Å²) in [6, 6.07) is 0. The Bertz CT molecular complexity index is 433. The summed E-state index contributed by atoms with van der Waals surface area (Å²) < 4.78 is 27.4. The van der Waals surface area contributed by atoms with Crippen LogP contribution in [0.1, 0.15) is 155 Å². The second kappa shape index (κ2) is 36.3. The van der Waals surface area contributed by atoms with Crippen LogP contribution in [0, 0.1) is 0 Å². The summed E-state index contributed by atoms with van der Waals surface area (Å²) in [4.78, 5) is 11.8. The second-order valence-corrected chi connectivity index (χ2v) is 11.1. The van der Waals surface area contributed by atoms with Gasteiger partial charge in [-0.3, -0.25) is 4.79 Å². The van der Waals surface area contributed by atoms with Gasteiger partial charge in [0.25, 0.3) is 0 Å². The van der Waals surface area contributed by atoms with Crippen LogP contribution in [0.15, 0.2) is 0 Å². The van der Waals surface area contributed by atoms with Crippen molar-refractivity contribution in [2.24, 2.45) is 0 Å². The predicted octanol–water partition coefficient (Wildman–Crippen LogP) is 9.22. The Balaban J connectivity index is 3.14. The molecule has 0 saturated heterocycles. The fourth-order valence-corrected chi connectivity index (χ4v) is 4.62. The van der Waals surface area contributed by atoms with Crippen LogP contribution >= 0.6 is 0 Å². The van der Waals surface area contributed by atoms with Gasteiger partial charge >= 0.3 is 5.97 Å².